The minimum atomic E-state index is 0.221. The van der Waals surface area contributed by atoms with Crippen LogP contribution in [-0.2, 0) is 4.74 Å². The summed E-state index contributed by atoms with van der Waals surface area (Å²) in [6, 6.07) is 0. The molecule has 2 heterocycles. The van der Waals surface area contributed by atoms with Crippen LogP contribution in [0, 0.1) is 5.92 Å². The van der Waals surface area contributed by atoms with Gasteiger partial charge in [-0.05, 0) is 37.4 Å². The summed E-state index contributed by atoms with van der Waals surface area (Å²) in [4.78, 5) is 0. The molecule has 3 heteroatoms. The summed E-state index contributed by atoms with van der Waals surface area (Å²) in [6.45, 7) is 0.941. The van der Waals surface area contributed by atoms with Crippen molar-refractivity contribution < 1.29 is 4.74 Å². The molecule has 1 spiro atoms. The molecule has 2 fully saturated rings. The van der Waals surface area contributed by atoms with Gasteiger partial charge < -0.3 is 4.74 Å². The molecule has 2 rings (SSSR count). The van der Waals surface area contributed by atoms with E-state index in [1.165, 1.54) is 30.8 Å². The van der Waals surface area contributed by atoms with Crippen molar-refractivity contribution in [3.63, 3.8) is 0 Å². The molecule has 0 radical (unpaired) electrons. The lowest BCUT2D eigenvalue weighted by atomic mass is 9.85. The van der Waals surface area contributed by atoms with Gasteiger partial charge in [-0.15, -0.1) is 11.6 Å². The largest absolute Gasteiger partial charge is 0.374 e. The first-order valence-electron chi connectivity index (χ1n) is 5.79. The first-order valence-corrected chi connectivity index (χ1v) is 7.48. The molecule has 2 atom stereocenters. The first kappa shape index (κ1) is 11.8. The zero-order valence-corrected chi connectivity index (χ0v) is 10.7. The van der Waals surface area contributed by atoms with Crippen molar-refractivity contribution in [3.8, 4) is 0 Å². The van der Waals surface area contributed by atoms with E-state index < -0.39 is 0 Å². The topological polar surface area (TPSA) is 9.23 Å². The van der Waals surface area contributed by atoms with Crippen LogP contribution in [0.2, 0.25) is 0 Å². The average Bonchev–Trinajstić information content (AvgIpc) is 2.67. The Morgan fingerprint density at radius 3 is 3.20 bits per heavy atom. The van der Waals surface area contributed by atoms with E-state index >= 15 is 0 Å². The first-order chi connectivity index (χ1) is 7.35. The lowest BCUT2D eigenvalue weighted by Crippen LogP contribution is -2.39. The highest BCUT2D eigenvalue weighted by molar-refractivity contribution is 7.99. The molecule has 1 nitrogen and oxygen atoms in total. The lowest BCUT2D eigenvalue weighted by molar-refractivity contribution is -0.0718. The molecule has 0 bridgehead atoms. The molecule has 0 aromatic carbocycles. The minimum Gasteiger partial charge on any atom is -0.374 e. The van der Waals surface area contributed by atoms with Crippen molar-refractivity contribution in [2.45, 2.75) is 31.3 Å². The molecule has 0 saturated carbocycles. The third kappa shape index (κ3) is 3.15. The van der Waals surface area contributed by atoms with Crippen molar-refractivity contribution in [3.05, 3.63) is 12.2 Å². The molecule has 2 saturated heterocycles. The Labute approximate surface area is 102 Å². The molecule has 2 aliphatic heterocycles. The number of halogens is 1. The lowest BCUT2D eigenvalue weighted by Gasteiger charge is -2.36. The highest BCUT2D eigenvalue weighted by atomic mass is 35.5. The number of allylic oxidation sites excluding steroid dienone is 2. The summed E-state index contributed by atoms with van der Waals surface area (Å²) < 4.78 is 5.98. The second-order valence-electron chi connectivity index (χ2n) is 4.49. The third-order valence-electron chi connectivity index (χ3n) is 3.28. The SMILES string of the molecule is ClCC/C=C/C1CCOC2(CCSC2)C1. The van der Waals surface area contributed by atoms with Crippen molar-refractivity contribution in [1.82, 2.24) is 0 Å². The Balaban J connectivity index is 1.86. The second kappa shape index (κ2) is 5.60. The monoisotopic (exact) mass is 246 g/mol. The molecule has 0 aromatic heterocycles. The van der Waals surface area contributed by atoms with E-state index in [4.69, 9.17) is 16.3 Å². The predicted octanol–water partition coefficient (Wildman–Crippen LogP) is 3.47. The highest BCUT2D eigenvalue weighted by Crippen LogP contribution is 2.40. The number of hydrogen-bond acceptors (Lipinski definition) is 2. The van der Waals surface area contributed by atoms with Crippen molar-refractivity contribution in [1.29, 1.82) is 0 Å². The molecule has 2 aliphatic rings. The smallest absolute Gasteiger partial charge is 0.0785 e. The summed E-state index contributed by atoms with van der Waals surface area (Å²) in [7, 11) is 0. The zero-order chi connectivity index (χ0) is 10.6. The second-order valence-corrected chi connectivity index (χ2v) is 5.98. The molecule has 0 aliphatic carbocycles. The normalized spacial score (nSPS) is 36.7. The standard InChI is InChI=1S/C12H19ClOS/c13-6-2-1-3-11-4-7-14-12(9-11)5-8-15-10-12/h1,3,11H,2,4-10H2/b3-1+. The van der Waals surface area contributed by atoms with Crippen LogP contribution in [0.25, 0.3) is 0 Å². The molecule has 86 valence electrons. The average molecular weight is 247 g/mol. The highest BCUT2D eigenvalue weighted by Gasteiger charge is 2.39. The van der Waals surface area contributed by atoms with Gasteiger partial charge in [0.15, 0.2) is 0 Å². The van der Waals surface area contributed by atoms with Gasteiger partial charge in [-0.1, -0.05) is 12.2 Å². The summed E-state index contributed by atoms with van der Waals surface area (Å²) in [6.07, 6.45) is 9.25. The Bertz CT molecular complexity index is 224. The van der Waals surface area contributed by atoms with E-state index in [0.29, 0.717) is 0 Å². The molecule has 15 heavy (non-hydrogen) atoms. The van der Waals surface area contributed by atoms with Crippen molar-refractivity contribution in [2.24, 2.45) is 5.92 Å². The molecule has 2 unspecified atom stereocenters. The van der Waals surface area contributed by atoms with Gasteiger partial charge in [-0.25, -0.2) is 0 Å². The van der Waals surface area contributed by atoms with E-state index in [1.54, 1.807) is 0 Å². The van der Waals surface area contributed by atoms with Crippen LogP contribution in [0.3, 0.4) is 0 Å². The summed E-state index contributed by atoms with van der Waals surface area (Å²) in [5.74, 6) is 3.94. The summed E-state index contributed by atoms with van der Waals surface area (Å²) in [5.41, 5.74) is 0.221. The quantitative estimate of drug-likeness (QED) is 0.557. The van der Waals surface area contributed by atoms with Gasteiger partial charge in [0, 0.05) is 18.2 Å². The van der Waals surface area contributed by atoms with E-state index in [2.05, 4.69) is 12.2 Å². The fourth-order valence-corrected chi connectivity index (χ4v) is 3.95. The molecular weight excluding hydrogens is 228 g/mol. The molecule has 0 aromatic rings. The van der Waals surface area contributed by atoms with Gasteiger partial charge in [0.2, 0.25) is 0 Å². The van der Waals surface area contributed by atoms with Crippen molar-refractivity contribution >= 4 is 23.4 Å². The van der Waals surface area contributed by atoms with Gasteiger partial charge in [0.25, 0.3) is 0 Å². The van der Waals surface area contributed by atoms with Crippen LogP contribution in [0.5, 0.6) is 0 Å². The van der Waals surface area contributed by atoms with E-state index in [-0.39, 0.29) is 5.60 Å². The Morgan fingerprint density at radius 2 is 2.47 bits per heavy atom. The number of hydrogen-bond donors (Lipinski definition) is 0. The summed E-state index contributed by atoms with van der Waals surface area (Å²) >= 11 is 7.70. The maximum atomic E-state index is 5.98. The van der Waals surface area contributed by atoms with Crippen molar-refractivity contribution in [2.75, 3.05) is 24.0 Å². The number of rotatable bonds is 3. The third-order valence-corrected chi connectivity index (χ3v) is 4.72. The van der Waals surface area contributed by atoms with Crippen LogP contribution in [-0.4, -0.2) is 29.6 Å². The van der Waals surface area contributed by atoms with Crippen LogP contribution in [0.4, 0.5) is 0 Å². The van der Waals surface area contributed by atoms with E-state index in [0.717, 1.165) is 24.8 Å². The zero-order valence-electron chi connectivity index (χ0n) is 9.08. The maximum absolute atomic E-state index is 5.98. The minimum absolute atomic E-state index is 0.221. The van der Waals surface area contributed by atoms with Gasteiger partial charge in [0.1, 0.15) is 0 Å². The van der Waals surface area contributed by atoms with E-state index in [9.17, 15) is 0 Å². The van der Waals surface area contributed by atoms with E-state index in [1.807, 2.05) is 11.8 Å². The van der Waals surface area contributed by atoms with Gasteiger partial charge in [-0.3, -0.25) is 0 Å². The Kier molecular flexibility index (Phi) is 4.41. The molecular formula is C12H19ClOS. The predicted molar refractivity (Wildman–Crippen MR) is 67.8 cm³/mol. The molecule has 0 N–H and O–H groups in total. The molecule has 0 amide bonds. The van der Waals surface area contributed by atoms with Crippen LogP contribution < -0.4 is 0 Å². The maximum Gasteiger partial charge on any atom is 0.0785 e. The van der Waals surface area contributed by atoms with Crippen LogP contribution >= 0.6 is 23.4 Å². The number of thioether (sulfide) groups is 1. The summed E-state index contributed by atoms with van der Waals surface area (Å²) in [5, 5.41) is 0. The number of alkyl halides is 1. The van der Waals surface area contributed by atoms with Gasteiger partial charge >= 0.3 is 0 Å². The Hall–Kier alpha value is 0.340. The van der Waals surface area contributed by atoms with Crippen LogP contribution in [0.15, 0.2) is 12.2 Å². The fraction of sp³-hybridized carbons (Fsp3) is 0.833. The Morgan fingerprint density at radius 1 is 1.53 bits per heavy atom. The fourth-order valence-electron chi connectivity index (χ4n) is 2.44. The van der Waals surface area contributed by atoms with Crippen LogP contribution in [0.1, 0.15) is 25.7 Å². The number of ether oxygens (including phenoxy) is 1. The van der Waals surface area contributed by atoms with Gasteiger partial charge in [-0.2, -0.15) is 11.8 Å². The van der Waals surface area contributed by atoms with Gasteiger partial charge in [0.05, 0.1) is 5.60 Å².